The Bertz CT molecular complexity index is 546. The Labute approximate surface area is 99.9 Å². The van der Waals surface area contributed by atoms with Gasteiger partial charge in [0, 0.05) is 18.8 Å². The van der Waals surface area contributed by atoms with E-state index in [0.717, 1.165) is 23.9 Å². The molecule has 3 rings (SSSR count). The van der Waals surface area contributed by atoms with Gasteiger partial charge in [-0.3, -0.25) is 0 Å². The summed E-state index contributed by atoms with van der Waals surface area (Å²) in [7, 11) is 0. The van der Waals surface area contributed by atoms with Gasteiger partial charge in [-0.2, -0.15) is 0 Å². The first-order chi connectivity index (χ1) is 7.83. The van der Waals surface area contributed by atoms with E-state index >= 15 is 0 Å². The lowest BCUT2D eigenvalue weighted by atomic mass is 10.1. The van der Waals surface area contributed by atoms with E-state index < -0.39 is 0 Å². The number of nitrogens with zero attached hydrogens (tertiary/aromatic N) is 1. The molecule has 1 N–H and O–H groups in total. The lowest BCUT2D eigenvalue weighted by Gasteiger charge is -2.09. The van der Waals surface area contributed by atoms with Gasteiger partial charge in [0.05, 0.1) is 0 Å². The third-order valence-corrected chi connectivity index (χ3v) is 3.10. The fourth-order valence-corrected chi connectivity index (χ4v) is 2.02. The molecular weight excluding hydrogens is 216 g/mol. The van der Waals surface area contributed by atoms with Crippen molar-refractivity contribution in [3.05, 3.63) is 42.5 Å². The predicted octanol–water partition coefficient (Wildman–Crippen LogP) is 2.85. The molecule has 16 heavy (non-hydrogen) atoms. The highest BCUT2D eigenvalue weighted by molar-refractivity contribution is 7.80. The average Bonchev–Trinajstić information content (AvgIpc) is 3.12. The quantitative estimate of drug-likeness (QED) is 0.597. The number of benzene rings is 2. The van der Waals surface area contributed by atoms with E-state index in [1.54, 1.807) is 0 Å². The first kappa shape index (κ1) is 9.60. The number of hydrogen-bond acceptors (Lipinski definition) is 1. The van der Waals surface area contributed by atoms with Crippen molar-refractivity contribution < 1.29 is 0 Å². The van der Waals surface area contributed by atoms with Gasteiger partial charge in [-0.1, -0.05) is 30.3 Å². The summed E-state index contributed by atoms with van der Waals surface area (Å²) in [6, 6.07) is 14.6. The Hall–Kier alpha value is -1.61. The van der Waals surface area contributed by atoms with Crippen LogP contribution in [0.25, 0.3) is 10.8 Å². The third kappa shape index (κ3) is 1.86. The second-order valence-corrected chi connectivity index (χ2v) is 4.37. The minimum Gasteiger partial charge on any atom is -0.345 e. The predicted molar refractivity (Wildman–Crippen MR) is 71.7 cm³/mol. The van der Waals surface area contributed by atoms with Crippen LogP contribution in [0.4, 0.5) is 5.69 Å². The molecule has 0 amide bonds. The zero-order valence-electron chi connectivity index (χ0n) is 8.81. The lowest BCUT2D eigenvalue weighted by Crippen LogP contribution is -2.17. The van der Waals surface area contributed by atoms with Gasteiger partial charge >= 0.3 is 0 Å². The molecule has 0 radical (unpaired) electrons. The van der Waals surface area contributed by atoms with Crippen molar-refractivity contribution in [2.45, 2.75) is 0 Å². The summed E-state index contributed by atoms with van der Waals surface area (Å²) in [6.45, 7) is 2.17. The molecule has 2 aromatic carbocycles. The summed E-state index contributed by atoms with van der Waals surface area (Å²) >= 11 is 5.26. The van der Waals surface area contributed by atoms with Gasteiger partial charge in [-0.15, -0.1) is 0 Å². The average molecular weight is 228 g/mol. The van der Waals surface area contributed by atoms with Crippen molar-refractivity contribution >= 4 is 33.8 Å². The summed E-state index contributed by atoms with van der Waals surface area (Å²) in [4.78, 5) is 2.13. The van der Waals surface area contributed by atoms with Crippen LogP contribution in [-0.4, -0.2) is 23.1 Å². The van der Waals surface area contributed by atoms with Crippen LogP contribution in [0.3, 0.4) is 0 Å². The topological polar surface area (TPSA) is 15.0 Å². The van der Waals surface area contributed by atoms with Gasteiger partial charge in [-0.05, 0) is 35.1 Å². The maximum atomic E-state index is 5.26. The Kier molecular flexibility index (Phi) is 2.26. The number of anilines is 1. The SMILES string of the molecule is S=C(Nc1ccc2ccccc2c1)N1CC1. The molecule has 2 nitrogen and oxygen atoms in total. The van der Waals surface area contributed by atoms with Crippen LogP contribution in [0.15, 0.2) is 42.5 Å². The Morgan fingerprint density at radius 2 is 1.81 bits per heavy atom. The second-order valence-electron chi connectivity index (χ2n) is 3.98. The van der Waals surface area contributed by atoms with E-state index in [2.05, 4.69) is 52.7 Å². The van der Waals surface area contributed by atoms with Gasteiger partial charge in [0.2, 0.25) is 0 Å². The molecule has 0 spiro atoms. The van der Waals surface area contributed by atoms with Crippen molar-refractivity contribution in [3.63, 3.8) is 0 Å². The van der Waals surface area contributed by atoms with Crippen LogP contribution < -0.4 is 5.32 Å². The third-order valence-electron chi connectivity index (χ3n) is 2.74. The van der Waals surface area contributed by atoms with Crippen LogP contribution in [0.2, 0.25) is 0 Å². The van der Waals surface area contributed by atoms with E-state index in [1.165, 1.54) is 10.8 Å². The summed E-state index contributed by atoms with van der Waals surface area (Å²) < 4.78 is 0. The number of thiocarbonyl (C=S) groups is 1. The van der Waals surface area contributed by atoms with Gasteiger partial charge in [0.25, 0.3) is 0 Å². The van der Waals surface area contributed by atoms with E-state index in [-0.39, 0.29) is 0 Å². The van der Waals surface area contributed by atoms with Crippen LogP contribution in [-0.2, 0) is 0 Å². The summed E-state index contributed by atoms with van der Waals surface area (Å²) in [6.07, 6.45) is 0. The Morgan fingerprint density at radius 1 is 1.06 bits per heavy atom. The second kappa shape index (κ2) is 3.76. The molecule has 1 aliphatic rings. The first-order valence-electron chi connectivity index (χ1n) is 5.38. The number of rotatable bonds is 1. The largest absolute Gasteiger partial charge is 0.345 e. The fourth-order valence-electron chi connectivity index (χ4n) is 1.72. The molecular formula is C13H12N2S. The van der Waals surface area contributed by atoms with Crippen LogP contribution >= 0.6 is 12.2 Å². The van der Waals surface area contributed by atoms with Gasteiger partial charge in [0.15, 0.2) is 5.11 Å². The van der Waals surface area contributed by atoms with Crippen molar-refractivity contribution in [2.75, 3.05) is 18.4 Å². The van der Waals surface area contributed by atoms with E-state index in [0.29, 0.717) is 0 Å². The van der Waals surface area contributed by atoms with Gasteiger partial charge in [-0.25, -0.2) is 0 Å². The van der Waals surface area contributed by atoms with Crippen LogP contribution in [0.1, 0.15) is 0 Å². The maximum absolute atomic E-state index is 5.26. The monoisotopic (exact) mass is 228 g/mol. The number of hydrogen-bond donors (Lipinski definition) is 1. The highest BCUT2D eigenvalue weighted by Gasteiger charge is 2.20. The normalized spacial score (nSPS) is 13.9. The van der Waals surface area contributed by atoms with Crippen molar-refractivity contribution in [1.29, 1.82) is 0 Å². The van der Waals surface area contributed by atoms with Crippen molar-refractivity contribution in [3.8, 4) is 0 Å². The number of fused-ring (bicyclic) bond motifs is 1. The molecule has 1 fully saturated rings. The molecule has 0 aliphatic carbocycles. The highest BCUT2D eigenvalue weighted by atomic mass is 32.1. The number of nitrogens with one attached hydrogen (secondary N) is 1. The molecule has 1 saturated heterocycles. The first-order valence-corrected chi connectivity index (χ1v) is 5.78. The van der Waals surface area contributed by atoms with Crippen molar-refractivity contribution in [1.82, 2.24) is 4.90 Å². The molecule has 1 aliphatic heterocycles. The molecule has 2 aromatic rings. The molecule has 0 bridgehead atoms. The summed E-state index contributed by atoms with van der Waals surface area (Å²) in [5, 5.41) is 6.57. The summed E-state index contributed by atoms with van der Waals surface area (Å²) in [5.74, 6) is 0. The molecule has 80 valence electrons. The Balaban J connectivity index is 1.89. The minimum absolute atomic E-state index is 0.829. The lowest BCUT2D eigenvalue weighted by molar-refractivity contribution is 0.862. The van der Waals surface area contributed by atoms with Gasteiger partial charge in [0.1, 0.15) is 0 Å². The zero-order chi connectivity index (χ0) is 11.0. The Morgan fingerprint density at radius 3 is 2.56 bits per heavy atom. The minimum atomic E-state index is 0.829. The van der Waals surface area contributed by atoms with E-state index in [1.807, 2.05) is 0 Å². The van der Waals surface area contributed by atoms with Crippen molar-refractivity contribution in [2.24, 2.45) is 0 Å². The highest BCUT2D eigenvalue weighted by Crippen LogP contribution is 2.19. The smallest absolute Gasteiger partial charge is 0.173 e. The standard InChI is InChI=1S/C13H12N2S/c16-13(15-7-8-15)14-12-6-5-10-3-1-2-4-11(10)9-12/h1-6,9H,7-8H2,(H,14,16). The molecule has 0 unspecified atom stereocenters. The molecule has 0 aromatic heterocycles. The van der Waals surface area contributed by atoms with Gasteiger partial charge < -0.3 is 10.2 Å². The fraction of sp³-hybridized carbons (Fsp3) is 0.154. The zero-order valence-corrected chi connectivity index (χ0v) is 9.63. The van der Waals surface area contributed by atoms with Crippen LogP contribution in [0.5, 0.6) is 0 Å². The summed E-state index contributed by atoms with van der Waals surface area (Å²) in [5.41, 5.74) is 1.07. The van der Waals surface area contributed by atoms with Crippen LogP contribution in [0, 0.1) is 0 Å². The van der Waals surface area contributed by atoms with E-state index in [9.17, 15) is 0 Å². The molecule has 3 heteroatoms. The molecule has 1 heterocycles. The van der Waals surface area contributed by atoms with E-state index in [4.69, 9.17) is 12.2 Å². The molecule has 0 saturated carbocycles. The maximum Gasteiger partial charge on any atom is 0.173 e. The molecule has 0 atom stereocenters.